The lowest BCUT2D eigenvalue weighted by molar-refractivity contribution is 0.374. The first-order valence-electron chi connectivity index (χ1n) is 6.22. The standard InChI is InChI=1S/C12H19IN4/c1-2-17(8-10-3-5-14-6-4-10)12-11(13)7-15-9-16-12/h7,9-10,14H,2-6,8H2,1H3. The zero-order valence-corrected chi connectivity index (χ0v) is 12.4. The highest BCUT2D eigenvalue weighted by atomic mass is 127. The summed E-state index contributed by atoms with van der Waals surface area (Å²) in [7, 11) is 0. The van der Waals surface area contributed by atoms with Crippen LogP contribution >= 0.6 is 22.6 Å². The fourth-order valence-corrected chi connectivity index (χ4v) is 2.92. The van der Waals surface area contributed by atoms with E-state index in [-0.39, 0.29) is 0 Å². The van der Waals surface area contributed by atoms with Gasteiger partial charge in [-0.15, -0.1) is 0 Å². The van der Waals surface area contributed by atoms with Crippen molar-refractivity contribution in [1.82, 2.24) is 15.3 Å². The molecule has 17 heavy (non-hydrogen) atoms. The fraction of sp³-hybridized carbons (Fsp3) is 0.667. The maximum Gasteiger partial charge on any atom is 0.145 e. The smallest absolute Gasteiger partial charge is 0.145 e. The molecule has 0 bridgehead atoms. The van der Waals surface area contributed by atoms with Crippen LogP contribution in [0.25, 0.3) is 0 Å². The van der Waals surface area contributed by atoms with Gasteiger partial charge >= 0.3 is 0 Å². The van der Waals surface area contributed by atoms with Gasteiger partial charge in [-0.25, -0.2) is 9.97 Å². The zero-order valence-electron chi connectivity index (χ0n) is 10.2. The van der Waals surface area contributed by atoms with Gasteiger partial charge in [0.2, 0.25) is 0 Å². The second-order valence-corrected chi connectivity index (χ2v) is 5.59. The number of nitrogens with zero attached hydrogens (tertiary/aromatic N) is 3. The largest absolute Gasteiger partial charge is 0.356 e. The van der Waals surface area contributed by atoms with E-state index in [1.165, 1.54) is 12.8 Å². The average Bonchev–Trinajstić information content (AvgIpc) is 2.38. The molecule has 1 saturated heterocycles. The maximum absolute atomic E-state index is 4.41. The SMILES string of the molecule is CCN(CC1CCNCC1)c1ncncc1I. The number of nitrogens with one attached hydrogen (secondary N) is 1. The van der Waals surface area contributed by atoms with E-state index < -0.39 is 0 Å². The number of hydrogen-bond donors (Lipinski definition) is 1. The lowest BCUT2D eigenvalue weighted by Crippen LogP contribution is -2.36. The third kappa shape index (κ3) is 3.51. The predicted molar refractivity (Wildman–Crippen MR) is 78.2 cm³/mol. The van der Waals surface area contributed by atoms with Crippen molar-refractivity contribution in [3.8, 4) is 0 Å². The lowest BCUT2D eigenvalue weighted by Gasteiger charge is -2.30. The molecule has 0 saturated carbocycles. The van der Waals surface area contributed by atoms with E-state index in [0.717, 1.165) is 41.5 Å². The molecule has 0 spiro atoms. The van der Waals surface area contributed by atoms with Gasteiger partial charge in [-0.3, -0.25) is 0 Å². The van der Waals surface area contributed by atoms with Gasteiger partial charge in [0.05, 0.1) is 3.57 Å². The van der Waals surface area contributed by atoms with Gasteiger partial charge < -0.3 is 10.2 Å². The van der Waals surface area contributed by atoms with E-state index >= 15 is 0 Å². The van der Waals surface area contributed by atoms with Crippen molar-refractivity contribution in [1.29, 1.82) is 0 Å². The molecule has 1 fully saturated rings. The van der Waals surface area contributed by atoms with E-state index in [0.29, 0.717) is 0 Å². The summed E-state index contributed by atoms with van der Waals surface area (Å²) in [5.74, 6) is 1.88. The average molecular weight is 346 g/mol. The fourth-order valence-electron chi connectivity index (χ4n) is 2.28. The minimum absolute atomic E-state index is 0.793. The third-order valence-corrected chi connectivity index (χ3v) is 4.03. The molecule has 1 aliphatic heterocycles. The number of anilines is 1. The van der Waals surface area contributed by atoms with Crippen LogP contribution < -0.4 is 10.2 Å². The van der Waals surface area contributed by atoms with Crippen LogP contribution in [0, 0.1) is 9.49 Å². The predicted octanol–water partition coefficient (Wildman–Crippen LogP) is 1.91. The Morgan fingerprint density at radius 1 is 1.47 bits per heavy atom. The molecule has 1 N–H and O–H groups in total. The van der Waals surface area contributed by atoms with Gasteiger partial charge in [0.25, 0.3) is 0 Å². The Morgan fingerprint density at radius 2 is 2.24 bits per heavy atom. The molecule has 2 heterocycles. The number of rotatable bonds is 4. The molecule has 5 heteroatoms. The van der Waals surface area contributed by atoms with E-state index in [9.17, 15) is 0 Å². The van der Waals surface area contributed by atoms with E-state index in [2.05, 4.69) is 49.7 Å². The molecule has 94 valence electrons. The van der Waals surface area contributed by atoms with E-state index in [1.54, 1.807) is 6.33 Å². The van der Waals surface area contributed by atoms with Gasteiger partial charge in [0.1, 0.15) is 12.1 Å². The minimum Gasteiger partial charge on any atom is -0.356 e. The Hall–Kier alpha value is -0.430. The summed E-state index contributed by atoms with van der Waals surface area (Å²) in [6.07, 6.45) is 6.08. The van der Waals surface area contributed by atoms with E-state index in [1.807, 2.05) is 6.20 Å². The summed E-state index contributed by atoms with van der Waals surface area (Å²) < 4.78 is 1.14. The molecule has 0 aromatic carbocycles. The first-order valence-corrected chi connectivity index (χ1v) is 7.30. The van der Waals surface area contributed by atoms with Crippen molar-refractivity contribution in [2.75, 3.05) is 31.1 Å². The molecular weight excluding hydrogens is 327 g/mol. The number of piperidine rings is 1. The zero-order chi connectivity index (χ0) is 12.1. The second kappa shape index (κ2) is 6.49. The van der Waals surface area contributed by atoms with Crippen LogP contribution in [0.1, 0.15) is 19.8 Å². The third-order valence-electron chi connectivity index (χ3n) is 3.27. The van der Waals surface area contributed by atoms with Gasteiger partial charge in [-0.1, -0.05) is 0 Å². The molecule has 0 amide bonds. The maximum atomic E-state index is 4.41. The molecule has 0 unspecified atom stereocenters. The van der Waals surface area contributed by atoms with Crippen LogP contribution in [0.2, 0.25) is 0 Å². The van der Waals surface area contributed by atoms with Crippen LogP contribution in [-0.4, -0.2) is 36.1 Å². The Labute approximate surface area is 116 Å². The first-order chi connectivity index (χ1) is 8.31. The summed E-state index contributed by atoms with van der Waals surface area (Å²) in [5, 5.41) is 3.41. The van der Waals surface area contributed by atoms with E-state index in [4.69, 9.17) is 0 Å². The molecule has 0 radical (unpaired) electrons. The first kappa shape index (κ1) is 13.0. The van der Waals surface area contributed by atoms with Crippen LogP contribution in [0.5, 0.6) is 0 Å². The van der Waals surface area contributed by atoms with Crippen molar-refractivity contribution in [3.05, 3.63) is 16.1 Å². The van der Waals surface area contributed by atoms with Gasteiger partial charge in [-0.2, -0.15) is 0 Å². The number of hydrogen-bond acceptors (Lipinski definition) is 4. The van der Waals surface area contributed by atoms with Crippen molar-refractivity contribution < 1.29 is 0 Å². The molecule has 1 aromatic heterocycles. The quantitative estimate of drug-likeness (QED) is 0.846. The highest BCUT2D eigenvalue weighted by molar-refractivity contribution is 14.1. The second-order valence-electron chi connectivity index (χ2n) is 4.43. The highest BCUT2D eigenvalue weighted by Crippen LogP contribution is 2.21. The number of aromatic nitrogens is 2. The Kier molecular flexibility index (Phi) is 4.97. The van der Waals surface area contributed by atoms with Gasteiger partial charge in [0, 0.05) is 19.3 Å². The summed E-state index contributed by atoms with van der Waals surface area (Å²) in [6, 6.07) is 0. The lowest BCUT2D eigenvalue weighted by atomic mass is 9.97. The topological polar surface area (TPSA) is 41.0 Å². The molecule has 2 rings (SSSR count). The van der Waals surface area contributed by atoms with Crippen LogP contribution in [-0.2, 0) is 0 Å². The normalized spacial score (nSPS) is 17.1. The Morgan fingerprint density at radius 3 is 2.88 bits per heavy atom. The van der Waals surface area contributed by atoms with Crippen LogP contribution in [0.3, 0.4) is 0 Å². The highest BCUT2D eigenvalue weighted by Gasteiger charge is 2.18. The Bertz CT molecular complexity index is 352. The van der Waals surface area contributed by atoms with Gasteiger partial charge in [0.15, 0.2) is 0 Å². The molecule has 1 aliphatic rings. The molecular formula is C12H19IN4. The Balaban J connectivity index is 2.03. The summed E-state index contributed by atoms with van der Waals surface area (Å²) in [5.41, 5.74) is 0. The summed E-state index contributed by atoms with van der Waals surface area (Å²) in [6.45, 7) is 6.63. The minimum atomic E-state index is 0.793. The van der Waals surface area contributed by atoms with Crippen molar-refractivity contribution in [2.45, 2.75) is 19.8 Å². The van der Waals surface area contributed by atoms with Crippen molar-refractivity contribution in [3.63, 3.8) is 0 Å². The molecule has 0 aliphatic carbocycles. The number of halogens is 1. The monoisotopic (exact) mass is 346 g/mol. The van der Waals surface area contributed by atoms with Crippen LogP contribution in [0.15, 0.2) is 12.5 Å². The van der Waals surface area contributed by atoms with Crippen LogP contribution in [0.4, 0.5) is 5.82 Å². The summed E-state index contributed by atoms with van der Waals surface area (Å²) >= 11 is 2.31. The van der Waals surface area contributed by atoms with Crippen molar-refractivity contribution >= 4 is 28.4 Å². The van der Waals surface area contributed by atoms with Crippen molar-refractivity contribution in [2.24, 2.45) is 5.92 Å². The molecule has 4 nitrogen and oxygen atoms in total. The van der Waals surface area contributed by atoms with Gasteiger partial charge in [-0.05, 0) is 61.4 Å². The molecule has 1 aromatic rings. The molecule has 0 atom stereocenters. The summed E-state index contributed by atoms with van der Waals surface area (Å²) in [4.78, 5) is 10.8.